The Balaban J connectivity index is 1.64. The van der Waals surface area contributed by atoms with Crippen molar-refractivity contribution in [3.63, 3.8) is 0 Å². The van der Waals surface area contributed by atoms with E-state index in [1.165, 1.54) is 11.3 Å². The van der Waals surface area contributed by atoms with E-state index in [0.29, 0.717) is 18.8 Å². The number of benzene rings is 1. The van der Waals surface area contributed by atoms with Gasteiger partial charge in [-0.25, -0.2) is 4.98 Å². The molecule has 2 aromatic heterocycles. The molecule has 0 aliphatic carbocycles. The van der Waals surface area contributed by atoms with Gasteiger partial charge in [0.1, 0.15) is 10.7 Å². The summed E-state index contributed by atoms with van der Waals surface area (Å²) in [5, 5.41) is 13.6. The van der Waals surface area contributed by atoms with E-state index in [2.05, 4.69) is 27.8 Å². The molecule has 1 saturated heterocycles. The summed E-state index contributed by atoms with van der Waals surface area (Å²) in [6, 6.07) is 10.3. The standard InChI is InChI=1S/C18H19N3O2S/c1-20-15-7-3-2-5-12(15)9-16(20)17-19-14(11-24-17)18(23)21-8-4-6-13(22)10-21/h2-3,5,7,9,11,13,22H,4,6,8,10H2,1H3. The summed E-state index contributed by atoms with van der Waals surface area (Å²) in [6.07, 6.45) is 1.19. The van der Waals surface area contributed by atoms with Gasteiger partial charge in [0.25, 0.3) is 5.91 Å². The van der Waals surface area contributed by atoms with Crippen molar-refractivity contribution >= 4 is 28.1 Å². The minimum Gasteiger partial charge on any atom is -0.391 e. The average molecular weight is 341 g/mol. The Labute approximate surface area is 144 Å². The third-order valence-corrected chi connectivity index (χ3v) is 5.44. The monoisotopic (exact) mass is 341 g/mol. The van der Waals surface area contributed by atoms with Gasteiger partial charge in [0.2, 0.25) is 0 Å². The highest BCUT2D eigenvalue weighted by Gasteiger charge is 2.25. The number of piperidine rings is 1. The second-order valence-corrected chi connectivity index (χ2v) is 7.09. The van der Waals surface area contributed by atoms with E-state index < -0.39 is 6.10 Å². The quantitative estimate of drug-likeness (QED) is 0.780. The van der Waals surface area contributed by atoms with Gasteiger partial charge in [0.05, 0.1) is 11.8 Å². The summed E-state index contributed by atoms with van der Waals surface area (Å²) in [6.45, 7) is 1.09. The number of carbonyl (C=O) groups is 1. The lowest BCUT2D eigenvalue weighted by Gasteiger charge is -2.29. The zero-order chi connectivity index (χ0) is 16.7. The molecule has 4 rings (SSSR count). The molecule has 1 unspecified atom stereocenters. The van der Waals surface area contributed by atoms with Crippen molar-refractivity contribution in [2.75, 3.05) is 13.1 Å². The summed E-state index contributed by atoms with van der Waals surface area (Å²) in [5.74, 6) is -0.0879. The fourth-order valence-electron chi connectivity index (χ4n) is 3.28. The van der Waals surface area contributed by atoms with Gasteiger partial charge in [-0.3, -0.25) is 4.79 Å². The lowest BCUT2D eigenvalue weighted by molar-refractivity contribution is 0.0469. The first-order chi connectivity index (χ1) is 11.6. The summed E-state index contributed by atoms with van der Waals surface area (Å²) in [4.78, 5) is 18.9. The molecule has 1 aliphatic rings. The van der Waals surface area contributed by atoms with E-state index in [1.54, 1.807) is 4.90 Å². The van der Waals surface area contributed by atoms with Crippen LogP contribution in [0.4, 0.5) is 0 Å². The van der Waals surface area contributed by atoms with Crippen molar-refractivity contribution in [2.24, 2.45) is 7.05 Å². The summed E-state index contributed by atoms with van der Waals surface area (Å²) in [7, 11) is 2.02. The van der Waals surface area contributed by atoms with Crippen LogP contribution in [-0.4, -0.2) is 44.7 Å². The van der Waals surface area contributed by atoms with Gasteiger partial charge in [-0.15, -0.1) is 11.3 Å². The molecule has 1 atom stereocenters. The van der Waals surface area contributed by atoms with Gasteiger partial charge in [0.15, 0.2) is 0 Å². The topological polar surface area (TPSA) is 58.4 Å². The summed E-state index contributed by atoms with van der Waals surface area (Å²) >= 11 is 1.48. The zero-order valence-electron chi connectivity index (χ0n) is 13.5. The van der Waals surface area contributed by atoms with Crippen LogP contribution in [0.15, 0.2) is 35.7 Å². The number of aliphatic hydroxyl groups excluding tert-OH is 1. The molecule has 0 saturated carbocycles. The number of para-hydroxylation sites is 1. The van der Waals surface area contributed by atoms with Crippen LogP contribution in [0.2, 0.25) is 0 Å². The highest BCUT2D eigenvalue weighted by Crippen LogP contribution is 2.30. The van der Waals surface area contributed by atoms with Crippen molar-refractivity contribution in [1.29, 1.82) is 0 Å². The molecule has 3 heterocycles. The number of nitrogens with zero attached hydrogens (tertiary/aromatic N) is 3. The number of thiazole rings is 1. The molecule has 24 heavy (non-hydrogen) atoms. The number of β-amino-alcohol motifs (C(OH)–C–C–N with tert-alkyl or cyclic N) is 1. The predicted molar refractivity (Wildman–Crippen MR) is 95.2 cm³/mol. The Hall–Kier alpha value is -2.18. The number of aryl methyl sites for hydroxylation is 1. The number of hydrogen-bond acceptors (Lipinski definition) is 4. The molecule has 1 amide bonds. The second-order valence-electron chi connectivity index (χ2n) is 6.23. The Morgan fingerprint density at radius 1 is 1.38 bits per heavy atom. The van der Waals surface area contributed by atoms with E-state index in [-0.39, 0.29) is 5.91 Å². The molecule has 0 spiro atoms. The molecule has 0 radical (unpaired) electrons. The van der Waals surface area contributed by atoms with Crippen molar-refractivity contribution in [3.05, 3.63) is 41.4 Å². The van der Waals surface area contributed by atoms with Crippen LogP contribution in [0, 0.1) is 0 Å². The van der Waals surface area contributed by atoms with E-state index in [0.717, 1.165) is 34.4 Å². The van der Waals surface area contributed by atoms with Crippen LogP contribution in [-0.2, 0) is 7.05 Å². The Morgan fingerprint density at radius 3 is 3.00 bits per heavy atom. The number of fused-ring (bicyclic) bond motifs is 1. The Bertz CT molecular complexity index is 899. The molecule has 5 nitrogen and oxygen atoms in total. The van der Waals surface area contributed by atoms with Gasteiger partial charge < -0.3 is 14.6 Å². The van der Waals surface area contributed by atoms with Gasteiger partial charge in [-0.05, 0) is 25.0 Å². The highest BCUT2D eigenvalue weighted by atomic mass is 32.1. The SMILES string of the molecule is Cn1c(-c2nc(C(=O)N3CCCC(O)C3)cs2)cc2ccccc21. The van der Waals surface area contributed by atoms with Crippen molar-refractivity contribution in [1.82, 2.24) is 14.5 Å². The van der Waals surface area contributed by atoms with Gasteiger partial charge >= 0.3 is 0 Å². The van der Waals surface area contributed by atoms with Gasteiger partial charge in [-0.2, -0.15) is 0 Å². The maximum absolute atomic E-state index is 12.6. The predicted octanol–water partition coefficient (Wildman–Crippen LogP) is 2.90. The molecule has 1 N–H and O–H groups in total. The van der Waals surface area contributed by atoms with Gasteiger partial charge in [-0.1, -0.05) is 18.2 Å². The molecule has 6 heteroatoms. The lowest BCUT2D eigenvalue weighted by atomic mass is 10.1. The molecule has 1 fully saturated rings. The molecule has 1 aromatic carbocycles. The number of rotatable bonds is 2. The smallest absolute Gasteiger partial charge is 0.273 e. The van der Waals surface area contributed by atoms with Crippen LogP contribution >= 0.6 is 11.3 Å². The summed E-state index contributed by atoms with van der Waals surface area (Å²) < 4.78 is 2.10. The first kappa shape index (κ1) is 15.4. The molecular weight excluding hydrogens is 322 g/mol. The normalized spacial score (nSPS) is 18.2. The molecule has 0 bridgehead atoms. The number of hydrogen-bond donors (Lipinski definition) is 1. The molecule has 1 aliphatic heterocycles. The zero-order valence-corrected chi connectivity index (χ0v) is 14.3. The first-order valence-electron chi connectivity index (χ1n) is 8.11. The number of likely N-dealkylation sites (tertiary alicyclic amines) is 1. The van der Waals surface area contributed by atoms with Crippen LogP contribution in [0.1, 0.15) is 23.3 Å². The van der Waals surface area contributed by atoms with Crippen LogP contribution in [0.5, 0.6) is 0 Å². The fraction of sp³-hybridized carbons (Fsp3) is 0.333. The van der Waals surface area contributed by atoms with E-state index >= 15 is 0 Å². The molecule has 124 valence electrons. The summed E-state index contributed by atoms with van der Waals surface area (Å²) in [5.41, 5.74) is 2.63. The van der Waals surface area contributed by atoms with Crippen LogP contribution < -0.4 is 0 Å². The maximum atomic E-state index is 12.6. The number of carbonyl (C=O) groups excluding carboxylic acids is 1. The third kappa shape index (κ3) is 2.61. The maximum Gasteiger partial charge on any atom is 0.273 e. The minimum absolute atomic E-state index is 0.0879. The second kappa shape index (κ2) is 6.03. The fourth-order valence-corrected chi connectivity index (χ4v) is 4.13. The minimum atomic E-state index is -0.418. The largest absolute Gasteiger partial charge is 0.391 e. The average Bonchev–Trinajstić information content (AvgIpc) is 3.20. The first-order valence-corrected chi connectivity index (χ1v) is 8.99. The number of amides is 1. The van der Waals surface area contributed by atoms with Gasteiger partial charge in [0, 0.05) is 36.4 Å². The molecule has 3 aromatic rings. The van der Waals surface area contributed by atoms with E-state index in [9.17, 15) is 9.90 Å². The van der Waals surface area contributed by atoms with Crippen molar-refractivity contribution < 1.29 is 9.90 Å². The Morgan fingerprint density at radius 2 is 2.21 bits per heavy atom. The Kier molecular flexibility index (Phi) is 3.86. The van der Waals surface area contributed by atoms with Crippen molar-refractivity contribution in [2.45, 2.75) is 18.9 Å². The third-order valence-electron chi connectivity index (χ3n) is 4.58. The van der Waals surface area contributed by atoms with E-state index in [4.69, 9.17) is 0 Å². The highest BCUT2D eigenvalue weighted by molar-refractivity contribution is 7.13. The molecular formula is C18H19N3O2S. The van der Waals surface area contributed by atoms with E-state index in [1.807, 2.05) is 24.6 Å². The number of aliphatic hydroxyl groups is 1. The van der Waals surface area contributed by atoms with Crippen molar-refractivity contribution in [3.8, 4) is 10.7 Å². The lowest BCUT2D eigenvalue weighted by Crippen LogP contribution is -2.42. The van der Waals surface area contributed by atoms with Crippen LogP contribution in [0.25, 0.3) is 21.6 Å². The van der Waals surface area contributed by atoms with Crippen LogP contribution in [0.3, 0.4) is 0 Å². The number of aromatic nitrogens is 2.